The molecule has 5 nitrogen and oxygen atoms in total. The number of hydrogen-bond acceptors (Lipinski definition) is 3. The van der Waals surface area contributed by atoms with Gasteiger partial charge < -0.3 is 5.32 Å². The van der Waals surface area contributed by atoms with Crippen molar-refractivity contribution in [1.82, 2.24) is 5.32 Å². The van der Waals surface area contributed by atoms with Crippen molar-refractivity contribution in [2.45, 2.75) is 25.3 Å². The van der Waals surface area contributed by atoms with Gasteiger partial charge >= 0.3 is 0 Å². The summed E-state index contributed by atoms with van der Waals surface area (Å²) in [6.07, 6.45) is 0. The molecule has 0 saturated heterocycles. The summed E-state index contributed by atoms with van der Waals surface area (Å²) in [6, 6.07) is 20.7. The fourth-order valence-corrected chi connectivity index (χ4v) is 4.47. The van der Waals surface area contributed by atoms with Crippen LogP contribution in [-0.4, -0.2) is 20.9 Å². The lowest BCUT2D eigenvalue weighted by molar-refractivity contribution is -0.119. The van der Waals surface area contributed by atoms with Crippen LogP contribution >= 0.6 is 11.6 Å². The van der Waals surface area contributed by atoms with Gasteiger partial charge in [0, 0.05) is 11.6 Å². The molecule has 0 aliphatic heterocycles. The number of amides is 1. The highest BCUT2D eigenvalue weighted by atomic mass is 35.5. The predicted octanol–water partition coefficient (Wildman–Crippen LogP) is 4.47. The number of halogens is 1. The molecule has 1 N–H and O–H groups in total. The van der Waals surface area contributed by atoms with E-state index in [1.54, 1.807) is 36.4 Å². The second kappa shape index (κ2) is 9.32. The summed E-state index contributed by atoms with van der Waals surface area (Å²) in [5, 5.41) is 3.22. The highest BCUT2D eigenvalue weighted by molar-refractivity contribution is 7.92. The van der Waals surface area contributed by atoms with Gasteiger partial charge in [0.25, 0.3) is 10.0 Å². The molecule has 0 bridgehead atoms. The first-order chi connectivity index (χ1) is 14.3. The van der Waals surface area contributed by atoms with E-state index in [2.05, 4.69) is 5.32 Å². The van der Waals surface area contributed by atoms with Gasteiger partial charge in [-0.3, -0.25) is 9.10 Å². The molecule has 156 valence electrons. The molecule has 1 amide bonds. The van der Waals surface area contributed by atoms with Crippen molar-refractivity contribution in [3.8, 4) is 0 Å². The molecule has 0 aliphatic carbocycles. The van der Waals surface area contributed by atoms with Crippen molar-refractivity contribution >= 4 is 33.2 Å². The van der Waals surface area contributed by atoms with Gasteiger partial charge in [0.15, 0.2) is 0 Å². The van der Waals surface area contributed by atoms with Gasteiger partial charge in [0.1, 0.15) is 6.54 Å². The first-order valence-corrected chi connectivity index (χ1v) is 11.3. The topological polar surface area (TPSA) is 66.5 Å². The summed E-state index contributed by atoms with van der Waals surface area (Å²) in [5.41, 5.74) is 3.22. The zero-order chi connectivity index (χ0) is 21.7. The first-order valence-electron chi connectivity index (χ1n) is 9.43. The van der Waals surface area contributed by atoms with E-state index in [9.17, 15) is 13.2 Å². The second-order valence-corrected chi connectivity index (χ2v) is 9.29. The maximum atomic E-state index is 13.3. The van der Waals surface area contributed by atoms with E-state index in [0.29, 0.717) is 17.3 Å². The second-order valence-electron chi connectivity index (χ2n) is 7.02. The predicted molar refractivity (Wildman–Crippen MR) is 120 cm³/mol. The molecular formula is C23H23ClN2O3S. The van der Waals surface area contributed by atoms with E-state index in [1.807, 2.05) is 38.1 Å². The van der Waals surface area contributed by atoms with Crippen molar-refractivity contribution in [2.24, 2.45) is 0 Å². The van der Waals surface area contributed by atoms with E-state index < -0.39 is 15.9 Å². The molecule has 0 radical (unpaired) electrons. The normalized spacial score (nSPS) is 11.2. The van der Waals surface area contributed by atoms with Gasteiger partial charge in [-0.1, -0.05) is 65.7 Å². The minimum Gasteiger partial charge on any atom is -0.350 e. The van der Waals surface area contributed by atoms with Crippen LogP contribution in [0.25, 0.3) is 0 Å². The lowest BCUT2D eigenvalue weighted by Gasteiger charge is -2.24. The number of aryl methyl sites for hydroxylation is 2. The highest BCUT2D eigenvalue weighted by Gasteiger charge is 2.27. The Bertz CT molecular complexity index is 1130. The minimum atomic E-state index is -3.95. The molecule has 0 aromatic heterocycles. The summed E-state index contributed by atoms with van der Waals surface area (Å²) in [5.74, 6) is -0.410. The van der Waals surface area contributed by atoms with Gasteiger partial charge in [-0.25, -0.2) is 8.42 Å². The van der Waals surface area contributed by atoms with E-state index in [0.717, 1.165) is 21.0 Å². The van der Waals surface area contributed by atoms with Gasteiger partial charge in [-0.2, -0.15) is 0 Å². The average molecular weight is 443 g/mol. The van der Waals surface area contributed by atoms with Gasteiger partial charge in [0.2, 0.25) is 5.91 Å². The van der Waals surface area contributed by atoms with Gasteiger partial charge in [0.05, 0.1) is 10.6 Å². The molecule has 3 aromatic carbocycles. The molecule has 0 aliphatic rings. The maximum absolute atomic E-state index is 13.3. The van der Waals surface area contributed by atoms with Crippen LogP contribution in [0.2, 0.25) is 5.02 Å². The maximum Gasteiger partial charge on any atom is 0.264 e. The monoisotopic (exact) mass is 442 g/mol. The number of anilines is 1. The third-order valence-corrected chi connectivity index (χ3v) is 6.87. The van der Waals surface area contributed by atoms with E-state index in [-0.39, 0.29) is 11.4 Å². The number of benzene rings is 3. The van der Waals surface area contributed by atoms with Crippen LogP contribution in [0, 0.1) is 13.8 Å². The fraction of sp³-hybridized carbons (Fsp3) is 0.174. The molecule has 3 rings (SSSR count). The number of nitrogens with one attached hydrogen (secondary N) is 1. The Morgan fingerprint density at radius 1 is 0.967 bits per heavy atom. The number of carbonyl (C=O) groups excluding carboxylic acids is 1. The molecular weight excluding hydrogens is 420 g/mol. The summed E-state index contributed by atoms with van der Waals surface area (Å²) < 4.78 is 27.6. The Morgan fingerprint density at radius 3 is 2.27 bits per heavy atom. The number of sulfonamides is 1. The van der Waals surface area contributed by atoms with Gasteiger partial charge in [-0.05, 0) is 49.2 Å². The van der Waals surface area contributed by atoms with E-state index in [4.69, 9.17) is 11.6 Å². The quantitative estimate of drug-likeness (QED) is 0.587. The lowest BCUT2D eigenvalue weighted by Crippen LogP contribution is -2.40. The minimum absolute atomic E-state index is 0.105. The van der Waals surface area contributed by atoms with E-state index >= 15 is 0 Å². The van der Waals surface area contributed by atoms with Crippen molar-refractivity contribution in [2.75, 3.05) is 10.8 Å². The van der Waals surface area contributed by atoms with Crippen LogP contribution < -0.4 is 9.62 Å². The Balaban J connectivity index is 1.86. The van der Waals surface area contributed by atoms with Gasteiger partial charge in [-0.15, -0.1) is 0 Å². The van der Waals surface area contributed by atoms with Crippen molar-refractivity contribution < 1.29 is 13.2 Å². The third kappa shape index (κ3) is 5.20. The Labute approximate surface area is 182 Å². The van der Waals surface area contributed by atoms with Crippen molar-refractivity contribution in [1.29, 1.82) is 0 Å². The Hall–Kier alpha value is -2.83. The first kappa shape index (κ1) is 21.9. The molecule has 30 heavy (non-hydrogen) atoms. The smallest absolute Gasteiger partial charge is 0.264 e. The van der Waals surface area contributed by atoms with Crippen LogP contribution in [-0.2, 0) is 21.4 Å². The summed E-state index contributed by atoms with van der Waals surface area (Å²) in [6.45, 7) is 3.77. The SMILES string of the molecule is Cc1ccc(CNC(=O)CN(c2ccc(C)c(Cl)c2)S(=O)(=O)c2ccccc2)cc1. The Morgan fingerprint density at radius 2 is 1.63 bits per heavy atom. The third-order valence-electron chi connectivity index (χ3n) is 4.67. The van der Waals surface area contributed by atoms with E-state index in [1.165, 1.54) is 12.1 Å². The number of nitrogens with zero attached hydrogens (tertiary/aromatic N) is 1. The summed E-state index contributed by atoms with van der Waals surface area (Å²) in [4.78, 5) is 12.8. The summed E-state index contributed by atoms with van der Waals surface area (Å²) in [7, 11) is -3.95. The Kier molecular flexibility index (Phi) is 6.80. The largest absolute Gasteiger partial charge is 0.350 e. The standard InChI is InChI=1S/C23H23ClN2O3S/c1-17-8-11-19(12-9-17)15-25-23(27)16-26(20-13-10-18(2)22(24)14-20)30(28,29)21-6-4-3-5-7-21/h3-14H,15-16H2,1-2H3,(H,25,27). The zero-order valence-corrected chi connectivity index (χ0v) is 18.4. The van der Waals surface area contributed by atoms with Crippen molar-refractivity contribution in [3.05, 3.63) is 94.5 Å². The van der Waals surface area contributed by atoms with Crippen LogP contribution in [0.5, 0.6) is 0 Å². The molecule has 0 saturated carbocycles. The highest BCUT2D eigenvalue weighted by Crippen LogP contribution is 2.27. The summed E-state index contributed by atoms with van der Waals surface area (Å²) >= 11 is 6.22. The fourth-order valence-electron chi connectivity index (χ4n) is 2.86. The van der Waals surface area contributed by atoms with Crippen LogP contribution in [0.15, 0.2) is 77.7 Å². The number of rotatable bonds is 7. The van der Waals surface area contributed by atoms with Crippen LogP contribution in [0.4, 0.5) is 5.69 Å². The lowest BCUT2D eigenvalue weighted by atomic mass is 10.1. The molecule has 0 atom stereocenters. The molecule has 3 aromatic rings. The van der Waals surface area contributed by atoms with Crippen LogP contribution in [0.1, 0.15) is 16.7 Å². The van der Waals surface area contributed by atoms with Crippen molar-refractivity contribution in [3.63, 3.8) is 0 Å². The molecule has 0 unspecified atom stereocenters. The molecule has 0 spiro atoms. The molecule has 0 fully saturated rings. The van der Waals surface area contributed by atoms with Crippen LogP contribution in [0.3, 0.4) is 0 Å². The molecule has 7 heteroatoms. The zero-order valence-electron chi connectivity index (χ0n) is 16.8. The number of hydrogen-bond donors (Lipinski definition) is 1. The molecule has 0 heterocycles. The number of carbonyl (C=O) groups is 1. The average Bonchev–Trinajstić information content (AvgIpc) is 2.74.